The van der Waals surface area contributed by atoms with Crippen molar-refractivity contribution in [2.75, 3.05) is 0 Å². The molecule has 0 radical (unpaired) electrons. The van der Waals surface area contributed by atoms with Gasteiger partial charge in [-0.1, -0.05) is 20.3 Å². The smallest absolute Gasteiger partial charge is 0.0568 e. The third-order valence-corrected chi connectivity index (χ3v) is 3.44. The minimum Gasteiger partial charge on any atom is -0.393 e. The van der Waals surface area contributed by atoms with Crippen LogP contribution in [0.3, 0.4) is 0 Å². The average Bonchev–Trinajstić information content (AvgIpc) is 2.67. The molecule has 2 unspecified atom stereocenters. The van der Waals surface area contributed by atoms with E-state index in [4.69, 9.17) is 0 Å². The van der Waals surface area contributed by atoms with E-state index in [-0.39, 0.29) is 6.10 Å². The molecule has 0 saturated heterocycles. The molecule has 0 aliphatic heterocycles. The van der Waals surface area contributed by atoms with Crippen LogP contribution in [0.2, 0.25) is 0 Å². The van der Waals surface area contributed by atoms with Gasteiger partial charge in [0.15, 0.2) is 0 Å². The molecule has 0 fully saturated rings. The number of hydrogen-bond donors (Lipinski definition) is 1. The van der Waals surface area contributed by atoms with Crippen molar-refractivity contribution in [3.05, 3.63) is 22.4 Å². The second-order valence-electron chi connectivity index (χ2n) is 4.00. The predicted octanol–water partition coefficient (Wildman–Crippen LogP) is 3.48. The topological polar surface area (TPSA) is 20.2 Å². The lowest BCUT2D eigenvalue weighted by Gasteiger charge is -2.17. The number of hydrogen-bond acceptors (Lipinski definition) is 2. The third kappa shape index (κ3) is 3.81. The van der Waals surface area contributed by atoms with E-state index < -0.39 is 0 Å². The molecule has 0 aliphatic rings. The molecule has 2 atom stereocenters. The Morgan fingerprint density at radius 2 is 2.21 bits per heavy atom. The van der Waals surface area contributed by atoms with Gasteiger partial charge in [-0.05, 0) is 47.6 Å². The molecule has 14 heavy (non-hydrogen) atoms. The summed E-state index contributed by atoms with van der Waals surface area (Å²) in [6.07, 6.45) is 4.08. The number of thiophene rings is 1. The summed E-state index contributed by atoms with van der Waals surface area (Å²) >= 11 is 1.73. The van der Waals surface area contributed by atoms with Gasteiger partial charge in [-0.25, -0.2) is 0 Å². The first-order valence-corrected chi connectivity index (χ1v) is 6.37. The van der Waals surface area contributed by atoms with Crippen LogP contribution in [0.1, 0.15) is 38.7 Å². The molecular weight excluding hydrogens is 192 g/mol. The minimum atomic E-state index is -0.130. The molecule has 0 bridgehead atoms. The van der Waals surface area contributed by atoms with Gasteiger partial charge in [-0.2, -0.15) is 11.3 Å². The molecule has 1 aromatic heterocycles. The molecule has 0 amide bonds. The third-order valence-electron chi connectivity index (χ3n) is 2.71. The van der Waals surface area contributed by atoms with Gasteiger partial charge in [0, 0.05) is 0 Å². The highest BCUT2D eigenvalue weighted by Crippen LogP contribution is 2.16. The lowest BCUT2D eigenvalue weighted by Crippen LogP contribution is -2.18. The zero-order valence-electron chi connectivity index (χ0n) is 9.07. The summed E-state index contributed by atoms with van der Waals surface area (Å²) in [5.74, 6) is 0.443. The molecule has 80 valence electrons. The van der Waals surface area contributed by atoms with Crippen LogP contribution < -0.4 is 0 Å². The molecule has 1 N–H and O–H groups in total. The monoisotopic (exact) mass is 212 g/mol. The first-order valence-electron chi connectivity index (χ1n) is 5.43. The molecule has 1 rings (SSSR count). The lowest BCUT2D eigenvalue weighted by molar-refractivity contribution is 0.103. The number of aliphatic hydroxyl groups is 1. The van der Waals surface area contributed by atoms with Crippen LogP contribution in [-0.4, -0.2) is 11.2 Å². The highest BCUT2D eigenvalue weighted by atomic mass is 32.1. The van der Waals surface area contributed by atoms with Crippen LogP contribution in [0.5, 0.6) is 0 Å². The fourth-order valence-corrected chi connectivity index (χ4v) is 2.38. The molecule has 1 heterocycles. The van der Waals surface area contributed by atoms with Crippen LogP contribution >= 0.6 is 11.3 Å². The first-order chi connectivity index (χ1) is 6.74. The van der Waals surface area contributed by atoms with Crippen LogP contribution in [0.4, 0.5) is 0 Å². The lowest BCUT2D eigenvalue weighted by atomic mass is 9.95. The Morgan fingerprint density at radius 1 is 1.43 bits per heavy atom. The molecule has 1 aromatic rings. The van der Waals surface area contributed by atoms with E-state index in [1.807, 2.05) is 0 Å². The van der Waals surface area contributed by atoms with Gasteiger partial charge in [-0.15, -0.1) is 0 Å². The Kier molecular flexibility index (Phi) is 5.20. The Hall–Kier alpha value is -0.340. The van der Waals surface area contributed by atoms with E-state index in [9.17, 15) is 5.11 Å². The quantitative estimate of drug-likeness (QED) is 0.765. The normalized spacial score (nSPS) is 15.4. The van der Waals surface area contributed by atoms with Crippen LogP contribution in [-0.2, 0) is 6.42 Å². The second kappa shape index (κ2) is 6.20. The largest absolute Gasteiger partial charge is 0.393 e. The van der Waals surface area contributed by atoms with Crippen molar-refractivity contribution >= 4 is 11.3 Å². The summed E-state index contributed by atoms with van der Waals surface area (Å²) < 4.78 is 0. The van der Waals surface area contributed by atoms with E-state index >= 15 is 0 Å². The zero-order valence-corrected chi connectivity index (χ0v) is 9.89. The first kappa shape index (κ1) is 11.7. The standard InChI is InChI=1S/C12H20OS/c1-3-4-10(2)12(13)6-5-11-7-8-14-9-11/h7-10,12-13H,3-6H2,1-2H3. The minimum absolute atomic E-state index is 0.130. The van der Waals surface area contributed by atoms with Crippen molar-refractivity contribution in [3.63, 3.8) is 0 Å². The number of aliphatic hydroxyl groups excluding tert-OH is 1. The van der Waals surface area contributed by atoms with Gasteiger partial charge >= 0.3 is 0 Å². The summed E-state index contributed by atoms with van der Waals surface area (Å²) in [6.45, 7) is 4.31. The Bertz CT molecular complexity index is 230. The van der Waals surface area contributed by atoms with Gasteiger partial charge in [0.25, 0.3) is 0 Å². The summed E-state index contributed by atoms with van der Waals surface area (Å²) in [4.78, 5) is 0. The fourth-order valence-electron chi connectivity index (χ4n) is 1.68. The van der Waals surface area contributed by atoms with Crippen molar-refractivity contribution < 1.29 is 5.11 Å². The number of rotatable bonds is 6. The molecule has 1 nitrogen and oxygen atoms in total. The van der Waals surface area contributed by atoms with E-state index in [0.717, 1.165) is 25.7 Å². The summed E-state index contributed by atoms with van der Waals surface area (Å²) in [7, 11) is 0. The SMILES string of the molecule is CCCC(C)C(O)CCc1ccsc1. The van der Waals surface area contributed by atoms with Gasteiger partial charge in [-0.3, -0.25) is 0 Å². The summed E-state index contributed by atoms with van der Waals surface area (Å²) in [5, 5.41) is 14.1. The highest BCUT2D eigenvalue weighted by molar-refractivity contribution is 7.07. The van der Waals surface area contributed by atoms with E-state index in [1.165, 1.54) is 5.56 Å². The van der Waals surface area contributed by atoms with Gasteiger partial charge in [0.2, 0.25) is 0 Å². The average molecular weight is 212 g/mol. The molecule has 2 heteroatoms. The van der Waals surface area contributed by atoms with Crippen LogP contribution in [0.15, 0.2) is 16.8 Å². The van der Waals surface area contributed by atoms with E-state index in [2.05, 4.69) is 30.7 Å². The fraction of sp³-hybridized carbons (Fsp3) is 0.667. The molecule has 0 spiro atoms. The summed E-state index contributed by atoms with van der Waals surface area (Å²) in [6, 6.07) is 2.14. The van der Waals surface area contributed by atoms with Crippen LogP contribution in [0.25, 0.3) is 0 Å². The maximum atomic E-state index is 9.85. The summed E-state index contributed by atoms with van der Waals surface area (Å²) in [5.41, 5.74) is 1.36. The molecule has 0 saturated carbocycles. The van der Waals surface area contributed by atoms with Crippen molar-refractivity contribution in [2.24, 2.45) is 5.92 Å². The van der Waals surface area contributed by atoms with E-state index in [0.29, 0.717) is 5.92 Å². The Labute approximate surface area is 90.8 Å². The maximum Gasteiger partial charge on any atom is 0.0568 e. The van der Waals surface area contributed by atoms with Gasteiger partial charge < -0.3 is 5.11 Å². The van der Waals surface area contributed by atoms with Gasteiger partial charge in [0.1, 0.15) is 0 Å². The van der Waals surface area contributed by atoms with Crippen molar-refractivity contribution in [1.29, 1.82) is 0 Å². The second-order valence-corrected chi connectivity index (χ2v) is 4.78. The highest BCUT2D eigenvalue weighted by Gasteiger charge is 2.12. The maximum absolute atomic E-state index is 9.85. The predicted molar refractivity (Wildman–Crippen MR) is 62.7 cm³/mol. The number of aryl methyl sites for hydroxylation is 1. The molecule has 0 aromatic carbocycles. The van der Waals surface area contributed by atoms with Crippen molar-refractivity contribution in [1.82, 2.24) is 0 Å². The molecule has 0 aliphatic carbocycles. The van der Waals surface area contributed by atoms with Crippen LogP contribution in [0, 0.1) is 5.92 Å². The Balaban J connectivity index is 2.24. The van der Waals surface area contributed by atoms with Gasteiger partial charge in [0.05, 0.1) is 6.10 Å². The zero-order chi connectivity index (χ0) is 10.4. The Morgan fingerprint density at radius 3 is 2.79 bits per heavy atom. The van der Waals surface area contributed by atoms with E-state index in [1.54, 1.807) is 11.3 Å². The molecular formula is C12H20OS. The van der Waals surface area contributed by atoms with Crippen molar-refractivity contribution in [3.8, 4) is 0 Å². The van der Waals surface area contributed by atoms with Crippen molar-refractivity contribution in [2.45, 2.75) is 45.6 Å².